The molecule has 0 aliphatic carbocycles. The first-order valence-electron chi connectivity index (χ1n) is 6.48. The molecule has 1 saturated heterocycles. The minimum Gasteiger partial charge on any atom is -0.444 e. The van der Waals surface area contributed by atoms with Crippen molar-refractivity contribution in [2.45, 2.75) is 45.3 Å². The van der Waals surface area contributed by atoms with Crippen LogP contribution in [0.4, 0.5) is 4.79 Å². The first kappa shape index (κ1) is 14.1. The fraction of sp³-hybridized carbons (Fsp3) is 0.571. The van der Waals surface area contributed by atoms with Crippen molar-refractivity contribution in [2.24, 2.45) is 0 Å². The topological polar surface area (TPSA) is 42.4 Å². The molecule has 1 aromatic rings. The van der Waals surface area contributed by atoms with Gasteiger partial charge in [-0.3, -0.25) is 0 Å². The summed E-state index contributed by atoms with van der Waals surface area (Å²) in [4.78, 5) is 18.0. The molecule has 0 radical (unpaired) electrons. The number of hydrogen-bond donors (Lipinski definition) is 0. The number of ether oxygens (including phenoxy) is 1. The van der Waals surface area contributed by atoms with E-state index in [0.29, 0.717) is 11.7 Å². The van der Waals surface area contributed by atoms with E-state index in [0.717, 1.165) is 18.4 Å². The molecule has 1 amide bonds. The Hall–Kier alpha value is -1.29. The summed E-state index contributed by atoms with van der Waals surface area (Å²) < 4.78 is 5.44. The molecule has 0 unspecified atom stereocenters. The summed E-state index contributed by atoms with van der Waals surface area (Å²) in [5.41, 5.74) is 0.413. The third kappa shape index (κ3) is 3.38. The molecule has 1 fully saturated rings. The first-order valence-corrected chi connectivity index (χ1v) is 6.86. The summed E-state index contributed by atoms with van der Waals surface area (Å²) in [7, 11) is 0. The molecule has 2 heterocycles. The summed E-state index contributed by atoms with van der Waals surface area (Å²) in [6.07, 6.45) is 3.22. The molecule has 0 bridgehead atoms. The quantitative estimate of drug-likeness (QED) is 0.736. The molecule has 1 aromatic heterocycles. The van der Waals surface area contributed by atoms with Crippen LogP contribution < -0.4 is 0 Å². The molecule has 2 rings (SSSR count). The van der Waals surface area contributed by atoms with Gasteiger partial charge in [-0.05, 0) is 39.7 Å². The summed E-state index contributed by atoms with van der Waals surface area (Å²) >= 11 is 6.12. The van der Waals surface area contributed by atoms with E-state index in [9.17, 15) is 4.79 Å². The van der Waals surface area contributed by atoms with Gasteiger partial charge in [0.15, 0.2) is 0 Å². The van der Waals surface area contributed by atoms with Crippen LogP contribution in [0, 0.1) is 0 Å². The summed E-state index contributed by atoms with van der Waals surface area (Å²) in [6.45, 7) is 6.30. The molecule has 1 atom stereocenters. The summed E-state index contributed by atoms with van der Waals surface area (Å²) in [5, 5.41) is 0.461. The van der Waals surface area contributed by atoms with E-state index in [1.54, 1.807) is 11.1 Å². The van der Waals surface area contributed by atoms with Gasteiger partial charge in [0.05, 0.1) is 6.04 Å². The number of amides is 1. The number of carbonyl (C=O) groups excluding carboxylic acids is 1. The number of nitrogens with zero attached hydrogens (tertiary/aromatic N) is 2. The number of hydrogen-bond acceptors (Lipinski definition) is 3. The highest BCUT2D eigenvalue weighted by Crippen LogP contribution is 2.35. The normalized spacial score (nSPS) is 19.6. The van der Waals surface area contributed by atoms with E-state index in [1.165, 1.54) is 0 Å². The zero-order valence-electron chi connectivity index (χ0n) is 11.5. The second-order valence-electron chi connectivity index (χ2n) is 5.72. The molecule has 104 valence electrons. The van der Waals surface area contributed by atoms with Crippen LogP contribution in [-0.4, -0.2) is 28.1 Å². The van der Waals surface area contributed by atoms with E-state index in [1.807, 2.05) is 32.9 Å². The largest absolute Gasteiger partial charge is 0.444 e. The molecule has 4 nitrogen and oxygen atoms in total. The van der Waals surface area contributed by atoms with Crippen LogP contribution in [0.5, 0.6) is 0 Å². The van der Waals surface area contributed by atoms with Crippen LogP contribution >= 0.6 is 11.6 Å². The van der Waals surface area contributed by atoms with Gasteiger partial charge in [-0.1, -0.05) is 17.7 Å². The number of halogens is 1. The van der Waals surface area contributed by atoms with E-state index in [-0.39, 0.29) is 12.1 Å². The minimum absolute atomic E-state index is 0.0314. The van der Waals surface area contributed by atoms with Gasteiger partial charge in [0.2, 0.25) is 0 Å². The number of likely N-dealkylation sites (tertiary alicyclic amines) is 1. The highest BCUT2D eigenvalue weighted by atomic mass is 35.5. The Kier molecular flexibility index (Phi) is 3.99. The van der Waals surface area contributed by atoms with E-state index in [2.05, 4.69) is 4.98 Å². The van der Waals surface area contributed by atoms with Crippen LogP contribution in [0.3, 0.4) is 0 Å². The van der Waals surface area contributed by atoms with Crippen molar-refractivity contribution >= 4 is 17.7 Å². The maximum atomic E-state index is 12.2. The lowest BCUT2D eigenvalue weighted by Crippen LogP contribution is -2.36. The fourth-order valence-electron chi connectivity index (χ4n) is 2.28. The Morgan fingerprint density at radius 3 is 2.89 bits per heavy atom. The summed E-state index contributed by atoms with van der Waals surface area (Å²) in [5.74, 6) is 0. The van der Waals surface area contributed by atoms with Gasteiger partial charge in [0.25, 0.3) is 0 Å². The zero-order valence-corrected chi connectivity index (χ0v) is 12.3. The molecule has 0 N–H and O–H groups in total. The van der Waals surface area contributed by atoms with E-state index in [4.69, 9.17) is 16.3 Å². The van der Waals surface area contributed by atoms with Crippen molar-refractivity contribution in [1.29, 1.82) is 0 Å². The molecule has 0 aromatic carbocycles. The van der Waals surface area contributed by atoms with Crippen LogP contribution in [0.25, 0.3) is 0 Å². The van der Waals surface area contributed by atoms with Crippen molar-refractivity contribution in [3.63, 3.8) is 0 Å². The lowest BCUT2D eigenvalue weighted by atomic mass is 10.1. The number of rotatable bonds is 1. The molecule has 0 saturated carbocycles. The number of pyridine rings is 1. The van der Waals surface area contributed by atoms with Gasteiger partial charge >= 0.3 is 6.09 Å². The van der Waals surface area contributed by atoms with Gasteiger partial charge in [-0.2, -0.15) is 0 Å². The monoisotopic (exact) mass is 282 g/mol. The minimum atomic E-state index is -0.483. The summed E-state index contributed by atoms with van der Waals surface area (Å²) in [6, 6.07) is 3.73. The maximum absolute atomic E-state index is 12.2. The standard InChI is InChI=1S/C14H19ClN2O2/c1-14(2,3)19-13(18)17-9-5-7-11(17)10-6-4-8-16-12(10)15/h4,6,8,11H,5,7,9H2,1-3H3/t11-/m1/s1. The lowest BCUT2D eigenvalue weighted by Gasteiger charge is -2.29. The Bertz CT molecular complexity index is 471. The zero-order chi connectivity index (χ0) is 14.0. The van der Waals surface area contributed by atoms with Crippen molar-refractivity contribution < 1.29 is 9.53 Å². The maximum Gasteiger partial charge on any atom is 0.410 e. The first-order chi connectivity index (χ1) is 8.88. The van der Waals surface area contributed by atoms with Crippen molar-refractivity contribution in [3.8, 4) is 0 Å². The van der Waals surface area contributed by atoms with Gasteiger partial charge in [0.1, 0.15) is 10.8 Å². The number of carbonyl (C=O) groups is 1. The molecule has 1 aliphatic rings. The van der Waals surface area contributed by atoms with Crippen LogP contribution in [0.1, 0.15) is 45.2 Å². The Morgan fingerprint density at radius 1 is 1.53 bits per heavy atom. The molecule has 1 aliphatic heterocycles. The predicted molar refractivity (Wildman–Crippen MR) is 74.2 cm³/mol. The molecular weight excluding hydrogens is 264 g/mol. The Morgan fingerprint density at radius 2 is 2.26 bits per heavy atom. The second kappa shape index (κ2) is 5.37. The molecule has 5 heteroatoms. The highest BCUT2D eigenvalue weighted by Gasteiger charge is 2.34. The van der Waals surface area contributed by atoms with E-state index < -0.39 is 5.60 Å². The average Bonchev–Trinajstić information content (AvgIpc) is 2.76. The SMILES string of the molecule is CC(C)(C)OC(=O)N1CCC[C@@H]1c1cccnc1Cl. The van der Waals surface area contributed by atoms with E-state index >= 15 is 0 Å². The smallest absolute Gasteiger partial charge is 0.410 e. The van der Waals surface area contributed by atoms with Crippen molar-refractivity contribution in [2.75, 3.05) is 6.54 Å². The second-order valence-corrected chi connectivity index (χ2v) is 6.07. The highest BCUT2D eigenvalue weighted by molar-refractivity contribution is 6.30. The van der Waals surface area contributed by atoms with Crippen LogP contribution in [0.15, 0.2) is 18.3 Å². The fourth-order valence-corrected chi connectivity index (χ4v) is 2.52. The van der Waals surface area contributed by atoms with Crippen LogP contribution in [-0.2, 0) is 4.74 Å². The average molecular weight is 283 g/mol. The van der Waals surface area contributed by atoms with Crippen LogP contribution in [0.2, 0.25) is 5.15 Å². The predicted octanol–water partition coefficient (Wildman–Crippen LogP) is 3.81. The van der Waals surface area contributed by atoms with Gasteiger partial charge in [-0.25, -0.2) is 9.78 Å². The van der Waals surface area contributed by atoms with Crippen molar-refractivity contribution in [3.05, 3.63) is 29.0 Å². The Balaban J connectivity index is 2.18. The third-order valence-electron chi connectivity index (χ3n) is 3.03. The van der Waals surface area contributed by atoms with Crippen molar-refractivity contribution in [1.82, 2.24) is 9.88 Å². The number of aromatic nitrogens is 1. The Labute approximate surface area is 118 Å². The molecular formula is C14H19ClN2O2. The van der Waals surface area contributed by atoms with Gasteiger partial charge < -0.3 is 9.64 Å². The van der Waals surface area contributed by atoms with Gasteiger partial charge in [0, 0.05) is 18.3 Å². The van der Waals surface area contributed by atoms with Gasteiger partial charge in [-0.15, -0.1) is 0 Å². The molecule has 0 spiro atoms. The molecule has 19 heavy (non-hydrogen) atoms. The third-order valence-corrected chi connectivity index (χ3v) is 3.34. The lowest BCUT2D eigenvalue weighted by molar-refractivity contribution is 0.0224.